The molecule has 0 aliphatic carbocycles. The first kappa shape index (κ1) is 29.3. The van der Waals surface area contributed by atoms with Crippen LogP contribution in [0.2, 0.25) is 0 Å². The Kier molecular flexibility index (Phi) is 8.06. The summed E-state index contributed by atoms with van der Waals surface area (Å²) in [6, 6.07) is 21.9. The predicted octanol–water partition coefficient (Wildman–Crippen LogP) is 6.50. The number of anilines is 1. The molecule has 3 aromatic carbocycles. The summed E-state index contributed by atoms with van der Waals surface area (Å²) >= 11 is 0. The van der Waals surface area contributed by atoms with Gasteiger partial charge in [-0.15, -0.1) is 0 Å². The highest BCUT2D eigenvalue weighted by Crippen LogP contribution is 2.33. The molecule has 0 saturated heterocycles. The number of carbonyl (C=O) groups is 1. The summed E-state index contributed by atoms with van der Waals surface area (Å²) in [6.45, 7) is 10.9. The quantitative estimate of drug-likeness (QED) is 0.278. The molecule has 9 heteroatoms. The molecule has 0 radical (unpaired) electrons. The van der Waals surface area contributed by atoms with Gasteiger partial charge in [-0.3, -0.25) is 4.79 Å². The van der Waals surface area contributed by atoms with Crippen LogP contribution in [0.15, 0.2) is 77.7 Å². The van der Waals surface area contributed by atoms with E-state index in [0.29, 0.717) is 25.1 Å². The van der Waals surface area contributed by atoms with Gasteiger partial charge in [0.2, 0.25) is 11.8 Å². The van der Waals surface area contributed by atoms with Crippen molar-refractivity contribution in [2.75, 3.05) is 11.3 Å². The van der Waals surface area contributed by atoms with Crippen molar-refractivity contribution in [1.82, 2.24) is 15.3 Å². The Morgan fingerprint density at radius 3 is 2.29 bits per heavy atom. The van der Waals surface area contributed by atoms with Gasteiger partial charge in [0.05, 0.1) is 10.6 Å². The number of aryl methyl sites for hydroxylation is 2. The zero-order chi connectivity index (χ0) is 30.1. The van der Waals surface area contributed by atoms with Crippen molar-refractivity contribution in [3.8, 4) is 17.1 Å². The van der Waals surface area contributed by atoms with Crippen molar-refractivity contribution in [3.05, 3.63) is 101 Å². The number of fused-ring (bicyclic) bond motifs is 4. The number of hydrogen-bond donors (Lipinski definition) is 2. The molecular weight excluding hydrogens is 548 g/mol. The maximum atomic E-state index is 13.4. The van der Waals surface area contributed by atoms with Gasteiger partial charge in [0.15, 0.2) is 0 Å². The molecule has 1 atom stereocenters. The number of amides is 1. The van der Waals surface area contributed by atoms with Crippen LogP contribution in [0.5, 0.6) is 5.88 Å². The molecule has 1 aliphatic heterocycles. The average molecular weight is 585 g/mol. The van der Waals surface area contributed by atoms with E-state index < -0.39 is 16.1 Å². The number of carbonyl (C=O) groups excluding carboxylic acids is 1. The SMILES string of the molecule is Cc1cccc(C)c1-c1cc2nc(n1)NS(=O)(=O)c1cccc(c1)C(=O)NCCCC(c1ccc(C(C)(C)C)cc1)O2. The molecule has 1 amide bonds. The van der Waals surface area contributed by atoms with Crippen molar-refractivity contribution in [2.45, 2.75) is 63.9 Å². The molecule has 2 N–H and O–H groups in total. The summed E-state index contributed by atoms with van der Waals surface area (Å²) in [4.78, 5) is 21.9. The van der Waals surface area contributed by atoms with E-state index in [1.54, 1.807) is 18.2 Å². The number of nitrogens with zero attached hydrogens (tertiary/aromatic N) is 2. The molecule has 4 bridgehead atoms. The highest BCUT2D eigenvalue weighted by Gasteiger charge is 2.23. The van der Waals surface area contributed by atoms with Crippen LogP contribution >= 0.6 is 0 Å². The second-order valence-electron chi connectivity index (χ2n) is 11.7. The average Bonchev–Trinajstić information content (AvgIpc) is 2.93. The summed E-state index contributed by atoms with van der Waals surface area (Å²) < 4.78 is 35.9. The molecule has 8 nitrogen and oxygen atoms in total. The van der Waals surface area contributed by atoms with Gasteiger partial charge in [-0.1, -0.05) is 69.3 Å². The van der Waals surface area contributed by atoms with Gasteiger partial charge in [0.25, 0.3) is 15.9 Å². The molecule has 0 spiro atoms. The molecule has 1 unspecified atom stereocenters. The smallest absolute Gasteiger partial charge is 0.264 e. The fourth-order valence-electron chi connectivity index (χ4n) is 5.09. The van der Waals surface area contributed by atoms with Crippen LogP contribution in [-0.4, -0.2) is 30.8 Å². The fourth-order valence-corrected chi connectivity index (χ4v) is 6.08. The van der Waals surface area contributed by atoms with E-state index in [1.807, 2.05) is 32.0 Å². The lowest BCUT2D eigenvalue weighted by molar-refractivity contribution is 0.0950. The molecule has 42 heavy (non-hydrogen) atoms. The number of hydrogen-bond acceptors (Lipinski definition) is 6. The van der Waals surface area contributed by atoms with Crippen molar-refractivity contribution >= 4 is 21.9 Å². The highest BCUT2D eigenvalue weighted by atomic mass is 32.2. The van der Waals surface area contributed by atoms with Gasteiger partial charge >= 0.3 is 0 Å². The maximum absolute atomic E-state index is 13.4. The third-order valence-corrected chi connectivity index (χ3v) is 8.74. The molecule has 5 rings (SSSR count). The Bertz CT molecular complexity index is 1710. The predicted molar refractivity (Wildman–Crippen MR) is 164 cm³/mol. The summed E-state index contributed by atoms with van der Waals surface area (Å²) in [5.41, 5.74) is 5.83. The van der Waals surface area contributed by atoms with Crippen LogP contribution in [0, 0.1) is 13.8 Å². The second kappa shape index (κ2) is 11.6. The zero-order valence-electron chi connectivity index (χ0n) is 24.6. The van der Waals surface area contributed by atoms with Crippen molar-refractivity contribution in [2.24, 2.45) is 0 Å². The van der Waals surface area contributed by atoms with Crippen LogP contribution in [0.3, 0.4) is 0 Å². The molecular formula is C33H36N4O4S. The number of aromatic nitrogens is 2. The number of nitrogens with one attached hydrogen (secondary N) is 2. The van der Waals surface area contributed by atoms with E-state index in [2.05, 4.69) is 65.0 Å². The summed E-state index contributed by atoms with van der Waals surface area (Å²) in [6.07, 6.45) is 0.834. The molecule has 0 saturated carbocycles. The van der Waals surface area contributed by atoms with E-state index in [1.165, 1.54) is 17.7 Å². The van der Waals surface area contributed by atoms with E-state index in [0.717, 1.165) is 22.3 Å². The summed E-state index contributed by atoms with van der Waals surface area (Å²) in [5, 5.41) is 2.90. The topological polar surface area (TPSA) is 110 Å². The lowest BCUT2D eigenvalue weighted by Crippen LogP contribution is -2.25. The molecule has 1 aliphatic rings. The lowest BCUT2D eigenvalue weighted by atomic mass is 9.86. The first-order valence-electron chi connectivity index (χ1n) is 14.0. The van der Waals surface area contributed by atoms with Crippen LogP contribution in [0.25, 0.3) is 11.3 Å². The largest absolute Gasteiger partial charge is 0.469 e. The maximum Gasteiger partial charge on any atom is 0.264 e. The molecule has 1 aromatic heterocycles. The highest BCUT2D eigenvalue weighted by molar-refractivity contribution is 7.92. The Balaban J connectivity index is 1.63. The Morgan fingerprint density at radius 1 is 0.905 bits per heavy atom. The van der Waals surface area contributed by atoms with Crippen LogP contribution in [-0.2, 0) is 15.4 Å². The van der Waals surface area contributed by atoms with Crippen LogP contribution in [0.1, 0.15) is 72.3 Å². The summed E-state index contributed by atoms with van der Waals surface area (Å²) in [7, 11) is -4.11. The Labute approximate surface area is 247 Å². The first-order chi connectivity index (χ1) is 19.9. The third kappa shape index (κ3) is 6.46. The third-order valence-electron chi connectivity index (χ3n) is 7.41. The molecule has 2 heterocycles. The van der Waals surface area contributed by atoms with Crippen LogP contribution < -0.4 is 14.8 Å². The Hall–Kier alpha value is -4.24. The van der Waals surface area contributed by atoms with Crippen molar-refractivity contribution in [3.63, 3.8) is 0 Å². The van der Waals surface area contributed by atoms with Gasteiger partial charge in [0, 0.05) is 23.7 Å². The van der Waals surface area contributed by atoms with Crippen molar-refractivity contribution in [1.29, 1.82) is 0 Å². The number of sulfonamides is 1. The van der Waals surface area contributed by atoms with E-state index >= 15 is 0 Å². The number of rotatable bonds is 2. The molecule has 4 aromatic rings. The normalized spacial score (nSPS) is 17.2. The lowest BCUT2D eigenvalue weighted by Gasteiger charge is -2.23. The molecule has 218 valence electrons. The minimum atomic E-state index is -4.11. The number of ether oxygens (including phenoxy) is 1. The van der Waals surface area contributed by atoms with E-state index in [4.69, 9.17) is 4.74 Å². The monoisotopic (exact) mass is 584 g/mol. The van der Waals surface area contributed by atoms with Crippen molar-refractivity contribution < 1.29 is 17.9 Å². The minimum Gasteiger partial charge on any atom is -0.469 e. The minimum absolute atomic E-state index is 0.00112. The zero-order valence-corrected chi connectivity index (χ0v) is 25.4. The van der Waals surface area contributed by atoms with E-state index in [9.17, 15) is 13.2 Å². The van der Waals surface area contributed by atoms with Crippen LogP contribution in [0.4, 0.5) is 5.95 Å². The standard InChI is InChI=1S/C33H36N4O4S/c1-21-9-6-10-22(2)30(21)27-20-29-36-32(35-27)37-42(39,40)26-12-7-11-24(19-26)31(38)34-18-8-13-28(41-29)23-14-16-25(17-15-23)33(3,4)5/h6-7,9-12,14-17,19-20,28H,8,13,18H2,1-5H3,(H,34,38)(H,35,36,37). The van der Waals surface area contributed by atoms with E-state index in [-0.39, 0.29) is 33.6 Å². The van der Waals surface area contributed by atoms with Gasteiger partial charge in [-0.2, -0.15) is 4.98 Å². The second-order valence-corrected chi connectivity index (χ2v) is 13.4. The summed E-state index contributed by atoms with van der Waals surface area (Å²) in [5.74, 6) is -0.210. The van der Waals surface area contributed by atoms with Gasteiger partial charge < -0.3 is 10.1 Å². The first-order valence-corrected chi connectivity index (χ1v) is 15.5. The number of benzene rings is 3. The van der Waals surface area contributed by atoms with Gasteiger partial charge in [-0.05, 0) is 72.6 Å². The van der Waals surface area contributed by atoms with Gasteiger partial charge in [-0.25, -0.2) is 18.1 Å². The Morgan fingerprint density at radius 2 is 1.60 bits per heavy atom. The van der Waals surface area contributed by atoms with Gasteiger partial charge in [0.1, 0.15) is 6.10 Å². The fraction of sp³-hybridized carbons (Fsp3) is 0.303. The molecule has 0 fully saturated rings.